The number of nitrogens with two attached hydrogens (primary N) is 1. The van der Waals surface area contributed by atoms with Gasteiger partial charge in [0.2, 0.25) is 5.95 Å². The number of carboxylic acid groups (broad SMARTS) is 1. The number of carbonyl (C=O) groups is 2. The Morgan fingerprint density at radius 3 is 1.98 bits per heavy atom. The van der Waals surface area contributed by atoms with Crippen molar-refractivity contribution in [2.75, 3.05) is 39.8 Å². The first-order valence-electron chi connectivity index (χ1n) is 17.8. The maximum absolute atomic E-state index is 13.4. The summed E-state index contributed by atoms with van der Waals surface area (Å²) in [6, 6.07) is 31.0. The third kappa shape index (κ3) is 8.36. The van der Waals surface area contributed by atoms with Crippen molar-refractivity contribution in [2.24, 2.45) is 0 Å². The van der Waals surface area contributed by atoms with Crippen molar-refractivity contribution in [3.8, 4) is 23.0 Å². The first-order chi connectivity index (χ1) is 27.7. The molecule has 3 atom stereocenters. The number of nitrogen functional groups attached to an aromatic ring is 1. The highest BCUT2D eigenvalue weighted by atomic mass is 16.6. The second-order valence-electron chi connectivity index (χ2n) is 12.9. The minimum Gasteiger partial charge on any atom is -0.497 e. The van der Waals surface area contributed by atoms with E-state index >= 15 is 0 Å². The van der Waals surface area contributed by atoms with Gasteiger partial charge >= 0.3 is 11.9 Å². The molecule has 0 bridgehead atoms. The number of rotatable bonds is 16. The number of anilines is 1. The number of ether oxygens (including phenoxy) is 7. The highest BCUT2D eigenvalue weighted by Crippen LogP contribution is 2.43. The SMILES string of the molecule is COc1ccc(C(OC[C@H]2O[C@@H](n3cnc4c(=O)[nH]c(N)nc43)C[C@@H]2OC(=O)COc2ccc(OCC(=O)O)cc2)(c2ccccc2)c2ccc(OC)cc2)cc1. The zero-order valence-electron chi connectivity index (χ0n) is 30.9. The molecular weight excluding hydrogens is 738 g/mol. The summed E-state index contributed by atoms with van der Waals surface area (Å²) in [4.78, 5) is 47.8. The molecular formula is C41H39N5O11. The molecule has 1 fully saturated rings. The number of benzene rings is 4. The van der Waals surface area contributed by atoms with Crippen LogP contribution in [-0.4, -0.2) is 82.8 Å². The maximum atomic E-state index is 13.4. The largest absolute Gasteiger partial charge is 0.497 e. The van der Waals surface area contributed by atoms with Crippen LogP contribution >= 0.6 is 0 Å². The van der Waals surface area contributed by atoms with Crippen molar-refractivity contribution in [2.45, 2.75) is 30.5 Å². The molecule has 0 radical (unpaired) electrons. The predicted molar refractivity (Wildman–Crippen MR) is 204 cm³/mol. The maximum Gasteiger partial charge on any atom is 0.344 e. The van der Waals surface area contributed by atoms with Gasteiger partial charge in [0.15, 0.2) is 24.4 Å². The molecule has 4 aromatic carbocycles. The van der Waals surface area contributed by atoms with Crippen molar-refractivity contribution in [3.05, 3.63) is 136 Å². The third-order valence-electron chi connectivity index (χ3n) is 9.40. The van der Waals surface area contributed by atoms with Crippen molar-refractivity contribution < 1.29 is 47.9 Å². The van der Waals surface area contributed by atoms with Gasteiger partial charge in [-0.1, -0.05) is 54.6 Å². The van der Waals surface area contributed by atoms with Crippen molar-refractivity contribution in [3.63, 3.8) is 0 Å². The third-order valence-corrected chi connectivity index (χ3v) is 9.40. The van der Waals surface area contributed by atoms with Gasteiger partial charge in [0.05, 0.1) is 27.2 Å². The molecule has 0 aliphatic carbocycles. The molecule has 294 valence electrons. The molecule has 57 heavy (non-hydrogen) atoms. The van der Waals surface area contributed by atoms with Crippen LogP contribution < -0.4 is 30.2 Å². The average molecular weight is 778 g/mol. The smallest absolute Gasteiger partial charge is 0.344 e. The number of aliphatic carboxylic acids is 1. The molecule has 0 spiro atoms. The minimum absolute atomic E-state index is 0.0657. The first kappa shape index (κ1) is 38.4. The van der Waals surface area contributed by atoms with Crippen LogP contribution in [0.4, 0.5) is 5.95 Å². The molecule has 3 heterocycles. The van der Waals surface area contributed by atoms with Gasteiger partial charge in [0.25, 0.3) is 5.56 Å². The molecule has 6 aromatic rings. The Labute approximate surface area is 325 Å². The van der Waals surface area contributed by atoms with Crippen LogP contribution in [0.5, 0.6) is 23.0 Å². The van der Waals surface area contributed by atoms with E-state index in [2.05, 4.69) is 15.0 Å². The first-order valence-corrected chi connectivity index (χ1v) is 17.8. The fourth-order valence-corrected chi connectivity index (χ4v) is 6.70. The standard InChI is InChI=1S/C41H39N5O11/c1-51-28-12-8-26(9-13-28)41(25-6-4-3-5-7-25,27-10-14-29(52-2)15-11-27)55-21-33-32(20-34(56-33)46-24-43-37-38(46)44-40(42)45-39(37)50)57-36(49)23-54-31-18-16-30(17-19-31)53-22-35(47)48/h3-19,24,32-34H,20-23H2,1-2H3,(H,47,48)(H3,42,44,45,50)/t32-,33+,34+/m0/s1. The van der Waals surface area contributed by atoms with Crippen LogP contribution in [-0.2, 0) is 29.4 Å². The lowest BCUT2D eigenvalue weighted by Gasteiger charge is -2.37. The van der Waals surface area contributed by atoms with Gasteiger partial charge in [-0.05, 0) is 65.2 Å². The topological polar surface area (TPSA) is 209 Å². The molecule has 16 nitrogen and oxygen atoms in total. The van der Waals surface area contributed by atoms with Crippen molar-refractivity contribution in [1.29, 1.82) is 0 Å². The minimum atomic E-state index is -1.20. The number of imidazole rings is 1. The number of fused-ring (bicyclic) bond motifs is 1. The number of carbonyl (C=O) groups excluding carboxylic acids is 1. The summed E-state index contributed by atoms with van der Waals surface area (Å²) in [5.41, 5.74) is 6.82. The molecule has 0 saturated carbocycles. The number of H-pyrrole nitrogens is 1. The summed E-state index contributed by atoms with van der Waals surface area (Å²) in [5.74, 6) is 0.0902. The summed E-state index contributed by atoms with van der Waals surface area (Å²) in [7, 11) is 3.19. The summed E-state index contributed by atoms with van der Waals surface area (Å²) in [5, 5.41) is 8.86. The summed E-state index contributed by atoms with van der Waals surface area (Å²) in [6.07, 6.45) is -0.938. The van der Waals surface area contributed by atoms with Crippen LogP contribution in [0.2, 0.25) is 0 Å². The monoisotopic (exact) mass is 777 g/mol. The van der Waals surface area contributed by atoms with Crippen LogP contribution in [0.1, 0.15) is 29.3 Å². The highest BCUT2D eigenvalue weighted by Gasteiger charge is 2.44. The average Bonchev–Trinajstić information content (AvgIpc) is 3.84. The number of methoxy groups -OCH3 is 2. The van der Waals surface area contributed by atoms with E-state index in [4.69, 9.17) is 44.0 Å². The Morgan fingerprint density at radius 1 is 0.842 bits per heavy atom. The lowest BCUT2D eigenvalue weighted by atomic mass is 9.80. The van der Waals surface area contributed by atoms with Gasteiger partial charge in [0.1, 0.15) is 47.0 Å². The number of nitrogens with zero attached hydrogens (tertiary/aromatic N) is 3. The summed E-state index contributed by atoms with van der Waals surface area (Å²) in [6.45, 7) is -1.02. The van der Waals surface area contributed by atoms with E-state index in [0.29, 0.717) is 23.0 Å². The lowest BCUT2D eigenvalue weighted by molar-refractivity contribution is -0.158. The number of esters is 1. The summed E-state index contributed by atoms with van der Waals surface area (Å²) >= 11 is 0. The normalized spacial score (nSPS) is 16.6. The van der Waals surface area contributed by atoms with Crippen molar-refractivity contribution >= 4 is 29.1 Å². The van der Waals surface area contributed by atoms with Crippen LogP contribution in [0.15, 0.2) is 114 Å². The van der Waals surface area contributed by atoms with E-state index in [-0.39, 0.29) is 30.1 Å². The molecule has 0 unspecified atom stereocenters. The van der Waals surface area contributed by atoms with Gasteiger partial charge in [-0.25, -0.2) is 14.6 Å². The fraction of sp³-hybridized carbons (Fsp3) is 0.244. The van der Waals surface area contributed by atoms with Gasteiger partial charge < -0.3 is 44.0 Å². The molecule has 2 aromatic heterocycles. The lowest BCUT2D eigenvalue weighted by Crippen LogP contribution is -2.39. The van der Waals surface area contributed by atoms with Gasteiger partial charge in [-0.2, -0.15) is 4.98 Å². The Balaban J connectivity index is 1.20. The van der Waals surface area contributed by atoms with Crippen LogP contribution in [0.3, 0.4) is 0 Å². The fourth-order valence-electron chi connectivity index (χ4n) is 6.70. The van der Waals surface area contributed by atoms with Gasteiger partial charge in [-0.3, -0.25) is 14.3 Å². The Morgan fingerprint density at radius 2 is 1.40 bits per heavy atom. The number of aromatic nitrogens is 4. The second-order valence-corrected chi connectivity index (χ2v) is 12.9. The molecule has 7 rings (SSSR count). The van der Waals surface area contributed by atoms with E-state index in [1.807, 2.05) is 78.9 Å². The number of hydrogen-bond acceptors (Lipinski definition) is 13. The Hall–Kier alpha value is -6.91. The Kier molecular flexibility index (Phi) is 11.3. The Bertz CT molecular complexity index is 2320. The quantitative estimate of drug-likeness (QED) is 0.0916. The zero-order valence-corrected chi connectivity index (χ0v) is 30.9. The highest BCUT2D eigenvalue weighted by molar-refractivity contribution is 5.72. The number of carboxylic acids is 1. The van der Waals surface area contributed by atoms with Gasteiger partial charge in [0, 0.05) is 6.42 Å². The molecule has 1 saturated heterocycles. The van der Waals surface area contributed by atoms with Gasteiger partial charge in [-0.15, -0.1) is 0 Å². The van der Waals surface area contributed by atoms with E-state index < -0.39 is 54.7 Å². The predicted octanol–water partition coefficient (Wildman–Crippen LogP) is 4.47. The molecule has 1 aliphatic rings. The van der Waals surface area contributed by atoms with Crippen molar-refractivity contribution in [1.82, 2.24) is 19.5 Å². The van der Waals surface area contributed by atoms with Crippen LogP contribution in [0.25, 0.3) is 11.2 Å². The molecule has 1 aliphatic heterocycles. The van der Waals surface area contributed by atoms with Crippen LogP contribution in [0, 0.1) is 0 Å². The van der Waals surface area contributed by atoms with E-state index in [9.17, 15) is 14.4 Å². The number of aromatic amines is 1. The summed E-state index contributed by atoms with van der Waals surface area (Å²) < 4.78 is 43.1. The van der Waals surface area contributed by atoms with E-state index in [1.165, 1.54) is 18.5 Å². The molecule has 4 N–H and O–H groups in total. The van der Waals surface area contributed by atoms with E-state index in [1.54, 1.807) is 30.9 Å². The number of hydrogen-bond donors (Lipinski definition) is 3. The molecule has 0 amide bonds. The van der Waals surface area contributed by atoms with E-state index in [0.717, 1.165) is 16.7 Å². The molecule has 16 heteroatoms. The second kappa shape index (κ2) is 16.8. The number of nitrogens with one attached hydrogen (secondary N) is 1. The zero-order chi connectivity index (χ0) is 39.9.